The van der Waals surface area contributed by atoms with Gasteiger partial charge in [-0.1, -0.05) is 212 Å². The van der Waals surface area contributed by atoms with Crippen LogP contribution >= 0.6 is 0 Å². The summed E-state index contributed by atoms with van der Waals surface area (Å²) >= 11 is 0. The van der Waals surface area contributed by atoms with Crippen molar-refractivity contribution < 1.29 is 8.83 Å². The van der Waals surface area contributed by atoms with Crippen LogP contribution in [0.1, 0.15) is 0 Å². The number of nitrogens with zero attached hydrogens (tertiary/aromatic N) is 7. The fourth-order valence-corrected chi connectivity index (χ4v) is 14.9. The Balaban J connectivity index is 1.02. The standard InChI is InChI=1S/C81H47N7O2/c1-2-24-48(25-3-1)79-82-80(59-46-71-73(57-34-12-22-44-69(57)89-71)77(87-65-40-18-8-30-53(65)54-31-9-19-41-66(54)87)75(59)85-61-36-14-4-26-49(61)50-27-5-15-37-62(50)85)84-81(83-79)60-47-72-74(58-35-13-23-45-70(58)90-72)78(88-67-42-20-10-32-55(67)56-33-11-21-43-68(56)88)76(60)86-63-38-16-6-28-51(63)52-29-7-17-39-64(52)86/h1-47H. The largest absolute Gasteiger partial charge is 0.456 e. The Kier molecular flexibility index (Phi) is 10.1. The van der Waals surface area contributed by atoms with Crippen LogP contribution in [0, 0.1) is 0 Å². The average molecular weight is 1150 g/mol. The van der Waals surface area contributed by atoms with E-state index in [1.807, 2.05) is 30.3 Å². The second kappa shape index (κ2) is 18.6. The van der Waals surface area contributed by atoms with Crippen molar-refractivity contribution in [3.05, 3.63) is 285 Å². The molecular weight excluding hydrogens is 1100 g/mol. The molecular formula is C81H47N7O2. The van der Waals surface area contributed by atoms with Crippen LogP contribution in [0.4, 0.5) is 0 Å². The zero-order chi connectivity index (χ0) is 58.7. The fraction of sp³-hybridized carbons (Fsp3) is 0. The molecule has 9 heteroatoms. The summed E-state index contributed by atoms with van der Waals surface area (Å²) in [6, 6.07) is 101. The van der Waals surface area contributed by atoms with Crippen molar-refractivity contribution in [1.82, 2.24) is 33.2 Å². The van der Waals surface area contributed by atoms with E-state index in [1.165, 1.54) is 0 Å². The van der Waals surface area contributed by atoms with E-state index in [1.54, 1.807) is 0 Å². The van der Waals surface area contributed by atoms with E-state index >= 15 is 0 Å². The molecule has 90 heavy (non-hydrogen) atoms. The Morgan fingerprint density at radius 1 is 0.211 bits per heavy atom. The third-order valence-corrected chi connectivity index (χ3v) is 18.6. The van der Waals surface area contributed by atoms with Crippen LogP contribution in [0.2, 0.25) is 0 Å². The van der Waals surface area contributed by atoms with Crippen molar-refractivity contribution >= 4 is 131 Å². The van der Waals surface area contributed by atoms with Crippen LogP contribution in [0.25, 0.3) is 188 Å². The monoisotopic (exact) mass is 1150 g/mol. The minimum atomic E-state index is 0.455. The molecule has 0 fully saturated rings. The van der Waals surface area contributed by atoms with Gasteiger partial charge in [-0.15, -0.1) is 0 Å². The first-order valence-corrected chi connectivity index (χ1v) is 30.4. The summed E-state index contributed by atoms with van der Waals surface area (Å²) in [5.41, 5.74) is 17.2. The molecule has 0 aliphatic heterocycles. The molecule has 0 radical (unpaired) electrons. The molecule has 20 aromatic rings. The Hall–Kier alpha value is -12.3. The van der Waals surface area contributed by atoms with Gasteiger partial charge in [-0.05, 0) is 72.8 Å². The van der Waals surface area contributed by atoms with Crippen molar-refractivity contribution in [3.63, 3.8) is 0 Å². The van der Waals surface area contributed by atoms with Crippen LogP contribution in [-0.2, 0) is 0 Å². The normalized spacial score (nSPS) is 12.2. The number of furan rings is 2. The minimum absolute atomic E-state index is 0.455. The number of fused-ring (bicyclic) bond motifs is 18. The highest BCUT2D eigenvalue weighted by molar-refractivity contribution is 6.21. The van der Waals surface area contributed by atoms with Crippen molar-refractivity contribution in [3.8, 4) is 56.9 Å². The molecule has 7 aromatic heterocycles. The topological polar surface area (TPSA) is 84.7 Å². The molecule has 0 saturated heterocycles. The van der Waals surface area contributed by atoms with E-state index < -0.39 is 0 Å². The van der Waals surface area contributed by atoms with E-state index in [4.69, 9.17) is 23.8 Å². The van der Waals surface area contributed by atoms with E-state index in [9.17, 15) is 0 Å². The lowest BCUT2D eigenvalue weighted by molar-refractivity contribution is 0.668. The molecule has 0 amide bonds. The van der Waals surface area contributed by atoms with Gasteiger partial charge in [0.15, 0.2) is 17.5 Å². The number of hydrogen-bond donors (Lipinski definition) is 0. The molecule has 9 nitrogen and oxygen atoms in total. The van der Waals surface area contributed by atoms with Crippen molar-refractivity contribution in [2.45, 2.75) is 0 Å². The van der Waals surface area contributed by atoms with E-state index in [2.05, 4.69) is 273 Å². The van der Waals surface area contributed by atoms with Crippen molar-refractivity contribution in [1.29, 1.82) is 0 Å². The maximum Gasteiger partial charge on any atom is 0.166 e. The van der Waals surface area contributed by atoms with Gasteiger partial charge in [0.05, 0.1) is 77.7 Å². The van der Waals surface area contributed by atoms with Crippen LogP contribution in [-0.4, -0.2) is 33.2 Å². The number of aromatic nitrogens is 7. The third kappa shape index (κ3) is 6.77. The summed E-state index contributed by atoms with van der Waals surface area (Å²) in [6.07, 6.45) is 0. The Bertz CT molecular complexity index is 5850. The van der Waals surface area contributed by atoms with Gasteiger partial charge in [0.25, 0.3) is 0 Å². The molecule has 0 spiro atoms. The molecule has 0 atom stereocenters. The number of para-hydroxylation sites is 10. The molecule has 0 saturated carbocycles. The first-order chi connectivity index (χ1) is 44.7. The van der Waals surface area contributed by atoms with Gasteiger partial charge >= 0.3 is 0 Å². The van der Waals surface area contributed by atoms with Gasteiger partial charge in [0, 0.05) is 70.6 Å². The first kappa shape index (κ1) is 48.9. The maximum absolute atomic E-state index is 7.20. The van der Waals surface area contributed by atoms with Crippen molar-refractivity contribution in [2.24, 2.45) is 0 Å². The smallest absolute Gasteiger partial charge is 0.166 e. The van der Waals surface area contributed by atoms with Gasteiger partial charge in [-0.3, -0.25) is 0 Å². The molecule has 0 aliphatic rings. The SMILES string of the molecule is c1ccc(-c2nc(-c3cc4oc5ccccc5c4c(-n4c5ccccc5c5ccccc54)c3-n3c4ccccc4c4ccccc43)nc(-c3cc4oc5ccccc5c4c(-n4c5ccccc5c5ccccc54)c3-n3c4ccccc4c4ccccc43)n2)cc1. The molecule has 0 N–H and O–H groups in total. The lowest BCUT2D eigenvalue weighted by Gasteiger charge is -2.23. The van der Waals surface area contributed by atoms with Gasteiger partial charge < -0.3 is 27.1 Å². The summed E-state index contributed by atoms with van der Waals surface area (Å²) in [7, 11) is 0. The van der Waals surface area contributed by atoms with Crippen LogP contribution in [0.15, 0.2) is 294 Å². The Morgan fingerprint density at radius 2 is 0.456 bits per heavy atom. The molecule has 0 aliphatic carbocycles. The van der Waals surface area contributed by atoms with E-state index in [0.717, 1.165) is 159 Å². The average Bonchev–Trinajstić information content (AvgIpc) is 1.51. The Labute approximate surface area is 512 Å². The zero-order valence-electron chi connectivity index (χ0n) is 48.1. The summed E-state index contributed by atoms with van der Waals surface area (Å²) < 4.78 is 24.2. The van der Waals surface area contributed by atoms with Gasteiger partial charge in [0.2, 0.25) is 0 Å². The molecule has 20 rings (SSSR count). The van der Waals surface area contributed by atoms with Gasteiger partial charge in [-0.25, -0.2) is 15.0 Å². The van der Waals surface area contributed by atoms with Gasteiger partial charge in [-0.2, -0.15) is 0 Å². The highest BCUT2D eigenvalue weighted by Crippen LogP contribution is 2.51. The predicted octanol–water partition coefficient (Wildman–Crippen LogP) is 21.1. The summed E-state index contributed by atoms with van der Waals surface area (Å²) in [5.74, 6) is 1.41. The lowest BCUT2D eigenvalue weighted by atomic mass is 10.0. The van der Waals surface area contributed by atoms with Crippen molar-refractivity contribution in [2.75, 3.05) is 0 Å². The number of rotatable bonds is 7. The predicted molar refractivity (Wildman–Crippen MR) is 368 cm³/mol. The molecule has 0 bridgehead atoms. The lowest BCUT2D eigenvalue weighted by Crippen LogP contribution is -2.10. The third-order valence-electron chi connectivity index (χ3n) is 18.6. The summed E-state index contributed by atoms with van der Waals surface area (Å²) in [4.78, 5) is 17.5. The maximum atomic E-state index is 7.20. The minimum Gasteiger partial charge on any atom is -0.456 e. The zero-order valence-corrected chi connectivity index (χ0v) is 48.1. The van der Waals surface area contributed by atoms with E-state index in [0.29, 0.717) is 28.6 Å². The number of hydrogen-bond acceptors (Lipinski definition) is 5. The highest BCUT2D eigenvalue weighted by atomic mass is 16.3. The molecule has 7 heterocycles. The number of benzene rings is 13. The first-order valence-electron chi connectivity index (χ1n) is 30.4. The molecule has 418 valence electrons. The molecule has 0 unspecified atom stereocenters. The second-order valence-corrected chi connectivity index (χ2v) is 23.3. The summed E-state index contributed by atoms with van der Waals surface area (Å²) in [6.45, 7) is 0. The van der Waals surface area contributed by atoms with Crippen LogP contribution < -0.4 is 0 Å². The molecule has 13 aromatic carbocycles. The highest BCUT2D eigenvalue weighted by Gasteiger charge is 2.33. The quantitative estimate of drug-likeness (QED) is 0.159. The summed E-state index contributed by atoms with van der Waals surface area (Å²) in [5, 5.41) is 13.0. The Morgan fingerprint density at radius 3 is 0.767 bits per heavy atom. The fourth-order valence-electron chi connectivity index (χ4n) is 14.9. The van der Waals surface area contributed by atoms with Crippen LogP contribution in [0.3, 0.4) is 0 Å². The van der Waals surface area contributed by atoms with E-state index in [-0.39, 0.29) is 0 Å². The van der Waals surface area contributed by atoms with Gasteiger partial charge in [0.1, 0.15) is 22.3 Å². The van der Waals surface area contributed by atoms with Crippen LogP contribution in [0.5, 0.6) is 0 Å². The second-order valence-electron chi connectivity index (χ2n) is 23.3.